The number of hydrogen-bond donors (Lipinski definition) is 1. The summed E-state index contributed by atoms with van der Waals surface area (Å²) >= 11 is 0. The van der Waals surface area contributed by atoms with Gasteiger partial charge in [-0.15, -0.1) is 0 Å². The highest BCUT2D eigenvalue weighted by molar-refractivity contribution is 6.07. The van der Waals surface area contributed by atoms with Crippen LogP contribution in [0.25, 0.3) is 0 Å². The Labute approximate surface area is 154 Å². The number of rotatable bonds is 1. The highest BCUT2D eigenvalue weighted by Gasteiger charge is 2.47. The van der Waals surface area contributed by atoms with Crippen molar-refractivity contribution < 1.29 is 27.5 Å². The van der Waals surface area contributed by atoms with Crippen molar-refractivity contribution in [2.75, 3.05) is 6.61 Å². The minimum atomic E-state index is -4.51. The number of alkyl halides is 3. The third kappa shape index (κ3) is 2.76. The Morgan fingerprint density at radius 2 is 1.89 bits per heavy atom. The van der Waals surface area contributed by atoms with Crippen LogP contribution in [0.1, 0.15) is 43.7 Å². The Balaban J connectivity index is 1.91. The number of hydrogen-bond acceptors (Lipinski definition) is 4. The van der Waals surface area contributed by atoms with Crippen molar-refractivity contribution in [2.45, 2.75) is 38.8 Å². The van der Waals surface area contributed by atoms with Crippen LogP contribution < -0.4 is 5.32 Å². The number of benzene rings is 1. The quantitative estimate of drug-likeness (QED) is 0.756. The van der Waals surface area contributed by atoms with Crippen molar-refractivity contribution >= 4 is 11.8 Å². The lowest BCUT2D eigenvalue weighted by atomic mass is 9.67. The molecule has 3 aliphatic rings. The number of ether oxygens (including phenoxy) is 1. The molecule has 2 heterocycles. The second kappa shape index (κ2) is 5.71. The normalized spacial score (nSPS) is 24.4. The number of halogens is 3. The molecule has 0 radical (unpaired) electrons. The summed E-state index contributed by atoms with van der Waals surface area (Å²) < 4.78 is 44.8. The van der Waals surface area contributed by atoms with Gasteiger partial charge in [-0.05, 0) is 24.5 Å². The zero-order chi connectivity index (χ0) is 19.6. The highest BCUT2D eigenvalue weighted by atomic mass is 19.4. The first-order chi connectivity index (χ1) is 12.6. The molecule has 1 unspecified atom stereocenters. The van der Waals surface area contributed by atoms with Gasteiger partial charge in [-0.1, -0.05) is 32.0 Å². The Morgan fingerprint density at radius 3 is 2.59 bits per heavy atom. The van der Waals surface area contributed by atoms with E-state index in [0.717, 1.165) is 12.1 Å². The molecule has 1 atom stereocenters. The van der Waals surface area contributed by atoms with Gasteiger partial charge in [0.2, 0.25) is 0 Å². The SMILES string of the molecule is CC1(C)CCC2=C(C1=O)C(c1cccc(C(F)(F)F)c1)C1=C(COC1=O)N2. The van der Waals surface area contributed by atoms with Crippen LogP contribution in [0.5, 0.6) is 0 Å². The molecule has 2 aliphatic heterocycles. The number of esters is 1. The van der Waals surface area contributed by atoms with Gasteiger partial charge in [0.25, 0.3) is 0 Å². The van der Waals surface area contributed by atoms with Gasteiger partial charge < -0.3 is 10.1 Å². The molecule has 0 bridgehead atoms. The third-order valence-corrected chi connectivity index (χ3v) is 5.50. The van der Waals surface area contributed by atoms with Crippen molar-refractivity contribution in [3.63, 3.8) is 0 Å². The molecule has 0 amide bonds. The Hall–Kier alpha value is -2.57. The molecule has 142 valence electrons. The molecule has 7 heteroatoms. The van der Waals surface area contributed by atoms with E-state index < -0.39 is 29.0 Å². The highest BCUT2D eigenvalue weighted by Crippen LogP contribution is 2.48. The molecule has 27 heavy (non-hydrogen) atoms. The molecule has 0 aromatic heterocycles. The molecule has 0 spiro atoms. The molecule has 1 aromatic carbocycles. The van der Waals surface area contributed by atoms with Crippen molar-refractivity contribution in [3.05, 3.63) is 57.9 Å². The van der Waals surface area contributed by atoms with E-state index in [9.17, 15) is 22.8 Å². The smallest absolute Gasteiger partial charge is 0.416 e. The maximum absolute atomic E-state index is 13.2. The summed E-state index contributed by atoms with van der Waals surface area (Å²) in [6.45, 7) is 3.68. The number of cyclic esters (lactones) is 1. The molecule has 0 fully saturated rings. The summed E-state index contributed by atoms with van der Waals surface area (Å²) in [5.74, 6) is -1.59. The minimum Gasteiger partial charge on any atom is -0.456 e. The Kier molecular flexibility index (Phi) is 3.77. The second-order valence-corrected chi connectivity index (χ2v) is 7.75. The van der Waals surface area contributed by atoms with E-state index in [2.05, 4.69) is 5.32 Å². The summed E-state index contributed by atoms with van der Waals surface area (Å²) in [6.07, 6.45) is -3.29. The van der Waals surface area contributed by atoms with Gasteiger partial charge >= 0.3 is 12.1 Å². The van der Waals surface area contributed by atoms with E-state index >= 15 is 0 Å². The van der Waals surface area contributed by atoms with Gasteiger partial charge in [0, 0.05) is 22.6 Å². The predicted octanol–water partition coefficient (Wildman–Crippen LogP) is 3.85. The fourth-order valence-corrected chi connectivity index (χ4v) is 3.99. The first kappa shape index (κ1) is 17.8. The summed E-state index contributed by atoms with van der Waals surface area (Å²) in [5.41, 5.74) is 0.656. The summed E-state index contributed by atoms with van der Waals surface area (Å²) in [7, 11) is 0. The molecule has 4 rings (SSSR count). The van der Waals surface area contributed by atoms with Crippen molar-refractivity contribution in [1.82, 2.24) is 5.32 Å². The van der Waals surface area contributed by atoms with Crippen molar-refractivity contribution in [3.8, 4) is 0 Å². The molecular formula is C20H18F3NO3. The largest absolute Gasteiger partial charge is 0.456 e. The zero-order valence-electron chi connectivity index (χ0n) is 14.9. The van der Waals surface area contributed by atoms with E-state index in [-0.39, 0.29) is 23.5 Å². The van der Waals surface area contributed by atoms with E-state index in [1.54, 1.807) is 0 Å². The Morgan fingerprint density at radius 1 is 1.15 bits per heavy atom. The second-order valence-electron chi connectivity index (χ2n) is 7.75. The topological polar surface area (TPSA) is 55.4 Å². The lowest BCUT2D eigenvalue weighted by Crippen LogP contribution is -2.39. The van der Waals surface area contributed by atoms with Crippen LogP contribution >= 0.6 is 0 Å². The van der Waals surface area contributed by atoms with Crippen LogP contribution in [0.3, 0.4) is 0 Å². The van der Waals surface area contributed by atoms with Crippen LogP contribution in [-0.2, 0) is 20.5 Å². The number of dihydropyridines is 1. The van der Waals surface area contributed by atoms with Crippen molar-refractivity contribution in [2.24, 2.45) is 5.41 Å². The average Bonchev–Trinajstić information content (AvgIpc) is 2.97. The van der Waals surface area contributed by atoms with Gasteiger partial charge in [-0.25, -0.2) is 4.79 Å². The van der Waals surface area contributed by atoms with Gasteiger partial charge in [0.05, 0.1) is 16.8 Å². The molecule has 0 saturated carbocycles. The van der Waals surface area contributed by atoms with Gasteiger partial charge in [0.15, 0.2) is 5.78 Å². The summed E-state index contributed by atoms with van der Waals surface area (Å²) in [4.78, 5) is 25.5. The first-order valence-electron chi connectivity index (χ1n) is 8.72. The van der Waals surface area contributed by atoms with E-state index in [1.165, 1.54) is 12.1 Å². The first-order valence-corrected chi connectivity index (χ1v) is 8.72. The fourth-order valence-electron chi connectivity index (χ4n) is 3.99. The molecule has 0 saturated heterocycles. The fraction of sp³-hybridized carbons (Fsp3) is 0.400. The number of nitrogens with one attached hydrogen (secondary N) is 1. The standard InChI is InChI=1S/C20H18F3NO3/c1-19(2)7-6-12-15(17(19)25)14(16-13(24-12)9-27-18(16)26)10-4-3-5-11(8-10)20(21,22)23/h3-5,8,14,24H,6-7,9H2,1-2H3. The minimum absolute atomic E-state index is 0.0397. The van der Waals surface area contributed by atoms with Crippen LogP contribution in [0.4, 0.5) is 13.2 Å². The predicted molar refractivity (Wildman–Crippen MR) is 90.4 cm³/mol. The van der Waals surface area contributed by atoms with Gasteiger partial charge in [-0.2, -0.15) is 13.2 Å². The molecule has 1 N–H and O–H groups in total. The zero-order valence-corrected chi connectivity index (χ0v) is 14.9. The number of ketones is 1. The molecule has 1 aliphatic carbocycles. The molecule has 1 aromatic rings. The van der Waals surface area contributed by atoms with Crippen LogP contribution in [0, 0.1) is 5.41 Å². The summed E-state index contributed by atoms with van der Waals surface area (Å²) in [5, 5.41) is 3.13. The van der Waals surface area contributed by atoms with Crippen molar-refractivity contribution in [1.29, 1.82) is 0 Å². The molecule has 4 nitrogen and oxygen atoms in total. The number of carbonyl (C=O) groups excluding carboxylic acids is 2. The number of allylic oxidation sites excluding steroid dienone is 2. The van der Waals surface area contributed by atoms with Crippen LogP contribution in [0.2, 0.25) is 0 Å². The maximum Gasteiger partial charge on any atom is 0.416 e. The van der Waals surface area contributed by atoms with Gasteiger partial charge in [-0.3, -0.25) is 4.79 Å². The monoisotopic (exact) mass is 377 g/mol. The lowest BCUT2D eigenvalue weighted by Gasteiger charge is -2.38. The van der Waals surface area contributed by atoms with Crippen LogP contribution in [-0.4, -0.2) is 18.4 Å². The summed E-state index contributed by atoms with van der Waals surface area (Å²) in [6, 6.07) is 4.83. The van der Waals surface area contributed by atoms with Gasteiger partial charge in [0.1, 0.15) is 6.61 Å². The lowest BCUT2D eigenvalue weighted by molar-refractivity contribution is -0.137. The average molecular weight is 377 g/mol. The maximum atomic E-state index is 13.2. The Bertz CT molecular complexity index is 925. The number of carbonyl (C=O) groups is 2. The molecular weight excluding hydrogens is 359 g/mol. The third-order valence-electron chi connectivity index (χ3n) is 5.50. The van der Waals surface area contributed by atoms with E-state index in [4.69, 9.17) is 4.74 Å². The number of Topliss-reactive ketones (excluding diaryl/α,β-unsaturated/α-hetero) is 1. The van der Waals surface area contributed by atoms with E-state index in [0.29, 0.717) is 29.8 Å². The van der Waals surface area contributed by atoms with Crippen LogP contribution in [0.15, 0.2) is 46.8 Å². The van der Waals surface area contributed by atoms with E-state index in [1.807, 2.05) is 13.8 Å².